The number of esters is 2. The van der Waals surface area contributed by atoms with Gasteiger partial charge in [-0.15, -0.1) is 11.6 Å². The van der Waals surface area contributed by atoms with E-state index in [0.29, 0.717) is 90.3 Å². The molecule has 0 aromatic carbocycles. The molecule has 0 bridgehead atoms. The second-order valence-corrected chi connectivity index (χ2v) is 19.3. The molecular formula is C36H72ClNa2O17Si3+. The van der Waals surface area contributed by atoms with Crippen molar-refractivity contribution in [1.29, 1.82) is 0 Å². The SMILES string of the molecule is CCO[Si](CCCCl)(OCC)OCC.CCO[Si](CCCOC(=O)/C=C/C(=O)OCCC[Si](OCC)(OCC)OCC)(OCC)OCC.O=[C-]/C=C/C(=O)C[O-].[Na+].[Na+].[OH3+]. The third-order valence-corrected chi connectivity index (χ3v) is 16.2. The molecule has 0 saturated heterocycles. The standard InChI is InChI=1S/C22H44O10Si2.C9H21ClO3Si.C5H4O3.2Na.H2O/c1-7-27-33(28-8-2,29-9-3)19-13-17-25-21(23)15-16-22(24)26-18-14-20-34(30-10-4,31-11-5)32-12-6;1-4-11-14(12-5-2,13-6-3)9-7-8-10;6-3-1-2-5(8)4-7;;;/h15-16H,7-14,17-20H2,1-6H3;4-9H2,1-3H3;1-2H,4H2;;;1H2/q;;-2;2*+1;/p+1/b16-15+;;2-1+;;;. The van der Waals surface area contributed by atoms with Crippen LogP contribution in [0.4, 0.5) is 0 Å². The van der Waals surface area contributed by atoms with E-state index in [4.69, 9.17) is 60.9 Å². The number of ether oxygens (including phenoxy) is 2. The first-order valence-electron chi connectivity index (χ1n) is 19.4. The molecule has 0 aliphatic heterocycles. The molecule has 0 aliphatic rings. The zero-order valence-corrected chi connectivity index (χ0v) is 45.5. The fraction of sp³-hybridized carbons (Fsp3) is 0.778. The van der Waals surface area contributed by atoms with Crippen molar-refractivity contribution < 1.29 is 138 Å². The average Bonchev–Trinajstić information content (AvgIpc) is 3.17. The fourth-order valence-electron chi connectivity index (χ4n) is 4.62. The van der Waals surface area contributed by atoms with Crippen LogP contribution in [0.1, 0.15) is 81.6 Å². The summed E-state index contributed by atoms with van der Waals surface area (Å²) in [6.07, 6.45) is 7.17. The number of allylic oxidation sites excluding steroid dienone is 1. The van der Waals surface area contributed by atoms with Crippen LogP contribution in [0.25, 0.3) is 0 Å². The van der Waals surface area contributed by atoms with Gasteiger partial charge in [-0.3, -0.25) is 0 Å². The van der Waals surface area contributed by atoms with E-state index in [2.05, 4.69) is 0 Å². The smallest absolute Gasteiger partial charge is 0.850 e. The first-order chi connectivity index (χ1) is 26.9. The Morgan fingerprint density at radius 1 is 0.525 bits per heavy atom. The molecule has 0 heterocycles. The van der Waals surface area contributed by atoms with Crippen LogP contribution in [0.3, 0.4) is 0 Å². The van der Waals surface area contributed by atoms with Crippen molar-refractivity contribution in [3.8, 4) is 0 Å². The number of alkyl halides is 1. The number of carbonyl (C=O) groups excluding carboxylic acids is 4. The van der Waals surface area contributed by atoms with Crippen molar-refractivity contribution in [3.05, 3.63) is 24.3 Å². The van der Waals surface area contributed by atoms with Gasteiger partial charge in [0.15, 0.2) is 0 Å². The van der Waals surface area contributed by atoms with Crippen molar-refractivity contribution in [2.75, 3.05) is 85.2 Å². The van der Waals surface area contributed by atoms with Crippen LogP contribution in [-0.2, 0) is 74.0 Å². The van der Waals surface area contributed by atoms with Crippen LogP contribution in [0.2, 0.25) is 18.1 Å². The van der Waals surface area contributed by atoms with Gasteiger partial charge in [0.25, 0.3) is 0 Å². The summed E-state index contributed by atoms with van der Waals surface area (Å²) in [5, 5.41) is 9.61. The van der Waals surface area contributed by atoms with Gasteiger partial charge in [-0.1, -0.05) is 6.61 Å². The van der Waals surface area contributed by atoms with Crippen molar-refractivity contribution in [1.82, 2.24) is 0 Å². The van der Waals surface area contributed by atoms with Crippen LogP contribution >= 0.6 is 11.6 Å². The van der Waals surface area contributed by atoms with Crippen LogP contribution < -0.4 is 64.2 Å². The maximum absolute atomic E-state index is 11.9. The van der Waals surface area contributed by atoms with Gasteiger partial charge in [-0.05, 0) is 87.9 Å². The van der Waals surface area contributed by atoms with Crippen LogP contribution in [0, 0.1) is 0 Å². The molecule has 0 amide bonds. The number of hydrogen-bond acceptors (Lipinski definition) is 16. The summed E-state index contributed by atoms with van der Waals surface area (Å²) in [6.45, 7) is 21.6. The maximum Gasteiger partial charge on any atom is 1.00 e. The Morgan fingerprint density at radius 2 is 0.797 bits per heavy atom. The van der Waals surface area contributed by atoms with E-state index < -0.39 is 50.7 Å². The third kappa shape index (κ3) is 39.6. The molecule has 59 heavy (non-hydrogen) atoms. The molecule has 0 aromatic rings. The zero-order valence-electron chi connectivity index (χ0n) is 37.7. The Bertz CT molecular complexity index is 954. The first kappa shape index (κ1) is 70.9. The molecule has 0 unspecified atom stereocenters. The Kier molecular flexibility index (Phi) is 59.2. The quantitative estimate of drug-likeness (QED) is 0.0127. The predicted molar refractivity (Wildman–Crippen MR) is 222 cm³/mol. The monoisotopic (exact) mass is 941 g/mol. The Labute approximate surface area is 406 Å². The number of rotatable bonds is 34. The maximum atomic E-state index is 11.9. The molecule has 0 spiro atoms. The molecule has 0 radical (unpaired) electrons. The summed E-state index contributed by atoms with van der Waals surface area (Å²) < 4.78 is 61.8. The second-order valence-electron chi connectivity index (χ2n) is 10.7. The predicted octanol–water partition coefficient (Wildman–Crippen LogP) is -2.16. The summed E-state index contributed by atoms with van der Waals surface area (Å²) in [4.78, 5) is 43.1. The van der Waals surface area contributed by atoms with E-state index in [9.17, 15) is 24.3 Å². The second kappa shape index (κ2) is 49.3. The first-order valence-corrected chi connectivity index (χ1v) is 25.7. The molecule has 0 rings (SSSR count). The minimum Gasteiger partial charge on any atom is -0.850 e. The third-order valence-electron chi connectivity index (χ3n) is 6.47. The van der Waals surface area contributed by atoms with Gasteiger partial charge < -0.3 is 69.5 Å². The van der Waals surface area contributed by atoms with Gasteiger partial charge in [0.05, 0.1) is 19.0 Å². The van der Waals surface area contributed by atoms with Crippen LogP contribution in [0.15, 0.2) is 24.3 Å². The average molecular weight is 943 g/mol. The number of carbonyl (C=O) groups is 3. The van der Waals surface area contributed by atoms with Gasteiger partial charge in [0.2, 0.25) is 0 Å². The molecule has 17 nitrogen and oxygen atoms in total. The molecular weight excluding hydrogens is 870 g/mol. The largest absolute Gasteiger partial charge is 1.00 e. The van der Waals surface area contributed by atoms with E-state index in [-0.39, 0.29) is 77.8 Å². The molecule has 0 aliphatic carbocycles. The molecule has 0 aromatic heterocycles. The Hall–Kier alpha value is 0.261. The summed E-state index contributed by atoms with van der Waals surface area (Å²) in [5.74, 6) is -1.22. The van der Waals surface area contributed by atoms with Gasteiger partial charge in [-0.25, -0.2) is 9.59 Å². The van der Waals surface area contributed by atoms with Gasteiger partial charge in [0, 0.05) is 95.6 Å². The molecule has 0 atom stereocenters. The number of halogens is 1. The van der Waals surface area contributed by atoms with Crippen molar-refractivity contribution >= 4 is 62.0 Å². The summed E-state index contributed by atoms with van der Waals surface area (Å²) in [6, 6.07) is 1.89. The molecule has 0 saturated carbocycles. The van der Waals surface area contributed by atoms with E-state index >= 15 is 0 Å². The molecule has 0 fully saturated rings. The number of hydrogen-bond donors (Lipinski definition) is 0. The van der Waals surface area contributed by atoms with E-state index in [0.717, 1.165) is 36.8 Å². The fourth-order valence-corrected chi connectivity index (χ4v) is 12.7. The summed E-state index contributed by atoms with van der Waals surface area (Å²) in [7, 11) is -7.92. The van der Waals surface area contributed by atoms with E-state index in [1.54, 1.807) is 0 Å². The summed E-state index contributed by atoms with van der Waals surface area (Å²) >= 11 is 5.66. The molecule has 3 N–H and O–H groups in total. The van der Waals surface area contributed by atoms with Crippen molar-refractivity contribution in [3.63, 3.8) is 0 Å². The van der Waals surface area contributed by atoms with Gasteiger partial charge in [0.1, 0.15) is 0 Å². The zero-order chi connectivity index (χ0) is 43.0. The van der Waals surface area contributed by atoms with Crippen molar-refractivity contribution in [2.24, 2.45) is 0 Å². The minimum absolute atomic E-state index is 0. The van der Waals surface area contributed by atoms with Gasteiger partial charge in [-0.2, -0.15) is 12.2 Å². The number of ketones is 1. The van der Waals surface area contributed by atoms with E-state index in [1.807, 2.05) is 62.3 Å². The minimum atomic E-state index is -2.76. The topological polar surface area (TPSA) is 226 Å². The molecule has 338 valence electrons. The summed E-state index contributed by atoms with van der Waals surface area (Å²) in [5.41, 5.74) is 0. The van der Waals surface area contributed by atoms with Crippen LogP contribution in [0.5, 0.6) is 0 Å². The van der Waals surface area contributed by atoms with E-state index in [1.165, 1.54) is 6.29 Å². The van der Waals surface area contributed by atoms with Gasteiger partial charge >= 0.3 is 97.5 Å². The molecule has 23 heteroatoms. The van der Waals surface area contributed by atoms with Crippen molar-refractivity contribution in [2.45, 2.75) is 99.7 Å². The Morgan fingerprint density at radius 3 is 1.02 bits per heavy atom. The van der Waals surface area contributed by atoms with Crippen LogP contribution in [-0.4, -0.2) is 136 Å². The Balaban J connectivity index is -0.000000231. The normalized spacial score (nSPS) is 11.2.